The number of nitrogens with zero attached hydrogens (tertiary/aromatic N) is 1. The predicted octanol–water partition coefficient (Wildman–Crippen LogP) is 2.52. The smallest absolute Gasteiger partial charge is 0.0661 e. The van der Waals surface area contributed by atoms with E-state index in [0.717, 1.165) is 16.9 Å². The van der Waals surface area contributed by atoms with Gasteiger partial charge in [-0.2, -0.15) is 5.10 Å². The van der Waals surface area contributed by atoms with E-state index in [9.17, 15) is 0 Å². The summed E-state index contributed by atoms with van der Waals surface area (Å²) in [6.07, 6.45) is 1.75. The summed E-state index contributed by atoms with van der Waals surface area (Å²) in [6.45, 7) is 2.79. The summed E-state index contributed by atoms with van der Waals surface area (Å²) in [4.78, 5) is 0. The molecule has 0 radical (unpaired) electrons. The van der Waals surface area contributed by atoms with Gasteiger partial charge in [0.2, 0.25) is 0 Å². The Morgan fingerprint density at radius 3 is 2.65 bits per heavy atom. The maximum Gasteiger partial charge on any atom is 0.0661 e. The van der Waals surface area contributed by atoms with E-state index in [1.54, 1.807) is 13.3 Å². The Hall–Kier alpha value is -1.81. The first-order chi connectivity index (χ1) is 8.29. The van der Waals surface area contributed by atoms with Crippen LogP contribution in [0.1, 0.15) is 6.92 Å². The van der Waals surface area contributed by atoms with Gasteiger partial charge in [-0.05, 0) is 30.7 Å². The van der Waals surface area contributed by atoms with Crippen molar-refractivity contribution in [2.75, 3.05) is 19.0 Å². The summed E-state index contributed by atoms with van der Waals surface area (Å²) in [7, 11) is 1.71. The lowest BCUT2D eigenvalue weighted by Crippen LogP contribution is -2.20. The minimum absolute atomic E-state index is 0.304. The molecule has 17 heavy (non-hydrogen) atoms. The number of ether oxygens (including phenoxy) is 1. The number of anilines is 1. The summed E-state index contributed by atoms with van der Waals surface area (Å²) in [5.74, 6) is 0. The molecule has 2 N–H and O–H groups in total. The first kappa shape index (κ1) is 11.7. The van der Waals surface area contributed by atoms with Gasteiger partial charge in [0.05, 0.1) is 12.3 Å². The molecule has 0 aliphatic carbocycles. The number of aromatic amines is 1. The van der Waals surface area contributed by atoms with E-state index < -0.39 is 0 Å². The average Bonchev–Trinajstić information content (AvgIpc) is 2.84. The quantitative estimate of drug-likeness (QED) is 0.831. The minimum atomic E-state index is 0.304. The van der Waals surface area contributed by atoms with E-state index in [-0.39, 0.29) is 0 Å². The zero-order valence-electron chi connectivity index (χ0n) is 10.1. The average molecular weight is 231 g/mol. The monoisotopic (exact) mass is 231 g/mol. The second kappa shape index (κ2) is 5.50. The fraction of sp³-hybridized carbons (Fsp3) is 0.308. The Balaban J connectivity index is 2.03. The van der Waals surface area contributed by atoms with Crippen LogP contribution < -0.4 is 5.32 Å². The molecule has 1 unspecified atom stereocenters. The van der Waals surface area contributed by atoms with Crippen molar-refractivity contribution < 1.29 is 4.74 Å². The highest BCUT2D eigenvalue weighted by Gasteiger charge is 2.02. The molecule has 0 fully saturated rings. The third kappa shape index (κ3) is 3.07. The van der Waals surface area contributed by atoms with Crippen molar-refractivity contribution in [3.63, 3.8) is 0 Å². The van der Waals surface area contributed by atoms with Crippen LogP contribution in [0, 0.1) is 0 Å². The lowest BCUT2D eigenvalue weighted by molar-refractivity contribution is 0.190. The highest BCUT2D eigenvalue weighted by Crippen LogP contribution is 2.19. The molecule has 1 atom stereocenters. The first-order valence-corrected chi connectivity index (χ1v) is 5.65. The van der Waals surface area contributed by atoms with Gasteiger partial charge in [0.15, 0.2) is 0 Å². The number of H-pyrrole nitrogens is 1. The molecule has 2 aromatic rings. The fourth-order valence-electron chi connectivity index (χ4n) is 1.74. The van der Waals surface area contributed by atoms with Gasteiger partial charge in [-0.25, -0.2) is 0 Å². The van der Waals surface area contributed by atoms with E-state index in [4.69, 9.17) is 4.74 Å². The van der Waals surface area contributed by atoms with Crippen LogP contribution in [0.15, 0.2) is 36.5 Å². The standard InChI is InChI=1S/C13H17N3O/c1-10(9-17-2)15-12-5-3-11(4-6-12)13-7-8-14-16-13/h3-8,10,15H,9H2,1-2H3,(H,14,16). The van der Waals surface area contributed by atoms with Crippen LogP contribution in [0.2, 0.25) is 0 Å². The number of rotatable bonds is 5. The van der Waals surface area contributed by atoms with Crippen molar-refractivity contribution >= 4 is 5.69 Å². The molecule has 1 aromatic carbocycles. The molecule has 0 amide bonds. The van der Waals surface area contributed by atoms with Crippen LogP contribution in [0.25, 0.3) is 11.3 Å². The molecule has 0 aliphatic rings. The number of hydrogen-bond donors (Lipinski definition) is 2. The van der Waals surface area contributed by atoms with E-state index in [0.29, 0.717) is 12.6 Å². The Morgan fingerprint density at radius 2 is 2.06 bits per heavy atom. The van der Waals surface area contributed by atoms with Crippen molar-refractivity contribution in [3.8, 4) is 11.3 Å². The van der Waals surface area contributed by atoms with Crippen molar-refractivity contribution in [1.29, 1.82) is 0 Å². The molecule has 0 saturated carbocycles. The van der Waals surface area contributed by atoms with Crippen molar-refractivity contribution in [2.45, 2.75) is 13.0 Å². The van der Waals surface area contributed by atoms with Gasteiger partial charge in [0.25, 0.3) is 0 Å². The minimum Gasteiger partial charge on any atom is -0.383 e. The number of methoxy groups -OCH3 is 1. The zero-order chi connectivity index (χ0) is 12.1. The van der Waals surface area contributed by atoms with Gasteiger partial charge >= 0.3 is 0 Å². The number of aromatic nitrogens is 2. The fourth-order valence-corrected chi connectivity index (χ4v) is 1.74. The van der Waals surface area contributed by atoms with Crippen molar-refractivity contribution in [3.05, 3.63) is 36.5 Å². The molecule has 1 heterocycles. The maximum atomic E-state index is 5.08. The SMILES string of the molecule is COCC(C)Nc1ccc(-c2ccn[nH]2)cc1. The van der Waals surface area contributed by atoms with Crippen LogP contribution in [0.4, 0.5) is 5.69 Å². The number of benzene rings is 1. The molecule has 4 nitrogen and oxygen atoms in total. The molecule has 4 heteroatoms. The Morgan fingerprint density at radius 1 is 1.29 bits per heavy atom. The van der Waals surface area contributed by atoms with E-state index in [1.165, 1.54) is 0 Å². The van der Waals surface area contributed by atoms with E-state index in [1.807, 2.05) is 6.07 Å². The summed E-state index contributed by atoms with van der Waals surface area (Å²) >= 11 is 0. The third-order valence-corrected chi connectivity index (χ3v) is 2.53. The Bertz CT molecular complexity index is 436. The van der Waals surface area contributed by atoms with Crippen LogP contribution in [-0.2, 0) is 4.74 Å². The summed E-state index contributed by atoms with van der Waals surface area (Å²) in [6, 6.07) is 10.5. The molecular weight excluding hydrogens is 214 g/mol. The lowest BCUT2D eigenvalue weighted by Gasteiger charge is -2.14. The van der Waals surface area contributed by atoms with Gasteiger partial charge in [0, 0.05) is 25.0 Å². The third-order valence-electron chi connectivity index (χ3n) is 2.53. The van der Waals surface area contributed by atoms with Gasteiger partial charge in [-0.1, -0.05) is 12.1 Å². The zero-order valence-corrected chi connectivity index (χ0v) is 10.1. The van der Waals surface area contributed by atoms with Gasteiger partial charge < -0.3 is 10.1 Å². The second-order valence-corrected chi connectivity index (χ2v) is 4.05. The molecular formula is C13H17N3O. The molecule has 90 valence electrons. The van der Waals surface area contributed by atoms with Crippen LogP contribution in [-0.4, -0.2) is 30.0 Å². The summed E-state index contributed by atoms with van der Waals surface area (Å²) in [5, 5.41) is 10.2. The van der Waals surface area contributed by atoms with Crippen molar-refractivity contribution in [1.82, 2.24) is 10.2 Å². The molecule has 0 saturated heterocycles. The summed E-state index contributed by atoms with van der Waals surface area (Å²) < 4.78 is 5.08. The molecule has 2 rings (SSSR count). The highest BCUT2D eigenvalue weighted by molar-refractivity contribution is 5.62. The Labute approximate surface area is 101 Å². The topological polar surface area (TPSA) is 49.9 Å². The van der Waals surface area contributed by atoms with E-state index >= 15 is 0 Å². The van der Waals surface area contributed by atoms with Gasteiger partial charge in [-0.15, -0.1) is 0 Å². The molecule has 0 aliphatic heterocycles. The largest absolute Gasteiger partial charge is 0.383 e. The molecule has 1 aromatic heterocycles. The second-order valence-electron chi connectivity index (χ2n) is 4.05. The molecule has 0 spiro atoms. The van der Waals surface area contributed by atoms with Gasteiger partial charge in [-0.3, -0.25) is 5.10 Å². The Kier molecular flexibility index (Phi) is 3.77. The van der Waals surface area contributed by atoms with Crippen molar-refractivity contribution in [2.24, 2.45) is 0 Å². The normalized spacial score (nSPS) is 12.4. The number of nitrogens with one attached hydrogen (secondary N) is 2. The van der Waals surface area contributed by atoms with E-state index in [2.05, 4.69) is 46.7 Å². The first-order valence-electron chi connectivity index (χ1n) is 5.65. The van der Waals surface area contributed by atoms with Crippen LogP contribution in [0.3, 0.4) is 0 Å². The summed E-state index contributed by atoms with van der Waals surface area (Å²) in [5.41, 5.74) is 3.26. The van der Waals surface area contributed by atoms with Crippen LogP contribution >= 0.6 is 0 Å². The molecule has 0 bridgehead atoms. The lowest BCUT2D eigenvalue weighted by atomic mass is 10.1. The highest BCUT2D eigenvalue weighted by atomic mass is 16.5. The van der Waals surface area contributed by atoms with Gasteiger partial charge in [0.1, 0.15) is 0 Å². The maximum absolute atomic E-state index is 5.08. The van der Waals surface area contributed by atoms with Crippen LogP contribution in [0.5, 0.6) is 0 Å². The predicted molar refractivity (Wildman–Crippen MR) is 69.0 cm³/mol. The number of hydrogen-bond acceptors (Lipinski definition) is 3.